The summed E-state index contributed by atoms with van der Waals surface area (Å²) in [5.74, 6) is 1.62. The van der Waals surface area contributed by atoms with E-state index in [1.54, 1.807) is 7.11 Å². The van der Waals surface area contributed by atoms with Crippen molar-refractivity contribution in [1.82, 2.24) is 14.8 Å². The van der Waals surface area contributed by atoms with Gasteiger partial charge in [-0.3, -0.25) is 4.79 Å². The van der Waals surface area contributed by atoms with E-state index >= 15 is 0 Å². The lowest BCUT2D eigenvalue weighted by molar-refractivity contribution is -0.113. The molecule has 7 heteroatoms. The first-order chi connectivity index (χ1) is 16.2. The predicted octanol–water partition coefficient (Wildman–Crippen LogP) is 5.24. The van der Waals surface area contributed by atoms with Gasteiger partial charge in [-0.1, -0.05) is 72.4 Å². The largest absolute Gasteiger partial charge is 0.496 e. The van der Waals surface area contributed by atoms with Gasteiger partial charge >= 0.3 is 0 Å². The van der Waals surface area contributed by atoms with Crippen molar-refractivity contribution in [3.63, 3.8) is 0 Å². The van der Waals surface area contributed by atoms with E-state index in [1.165, 1.54) is 17.3 Å². The fraction of sp³-hybridized carbons (Fsp3) is 0.192. The normalized spacial score (nSPS) is 10.7. The highest BCUT2D eigenvalue weighted by molar-refractivity contribution is 7.99. The molecule has 0 spiro atoms. The molecule has 4 aromatic rings. The highest BCUT2D eigenvalue weighted by Gasteiger charge is 2.18. The Morgan fingerprint density at radius 2 is 1.70 bits per heavy atom. The van der Waals surface area contributed by atoms with Gasteiger partial charge in [0.15, 0.2) is 11.0 Å². The maximum absolute atomic E-state index is 12.6. The molecule has 1 heterocycles. The van der Waals surface area contributed by atoms with Crippen LogP contribution in [0.1, 0.15) is 11.1 Å². The summed E-state index contributed by atoms with van der Waals surface area (Å²) in [5.41, 5.74) is 3.95. The molecule has 4 rings (SSSR count). The quantitative estimate of drug-likeness (QED) is 0.348. The summed E-state index contributed by atoms with van der Waals surface area (Å²) in [6, 6.07) is 25.8. The van der Waals surface area contributed by atoms with Crippen molar-refractivity contribution in [2.75, 3.05) is 18.2 Å². The topological polar surface area (TPSA) is 69.0 Å². The van der Waals surface area contributed by atoms with Gasteiger partial charge in [-0.25, -0.2) is 0 Å². The minimum Gasteiger partial charge on any atom is -0.496 e. The van der Waals surface area contributed by atoms with Crippen LogP contribution in [0.3, 0.4) is 0 Å². The number of benzene rings is 3. The number of ether oxygens (including phenoxy) is 1. The Labute approximate surface area is 198 Å². The number of thioether (sulfide) groups is 1. The second kappa shape index (κ2) is 10.8. The van der Waals surface area contributed by atoms with E-state index in [4.69, 9.17) is 4.74 Å². The number of aromatic nitrogens is 3. The zero-order valence-corrected chi connectivity index (χ0v) is 19.5. The second-order valence-electron chi connectivity index (χ2n) is 7.55. The fourth-order valence-electron chi connectivity index (χ4n) is 3.54. The number of methoxy groups -OCH3 is 1. The molecule has 0 unspecified atom stereocenters. The molecule has 1 aromatic heterocycles. The average Bonchev–Trinajstić information content (AvgIpc) is 3.26. The summed E-state index contributed by atoms with van der Waals surface area (Å²) in [5, 5.41) is 12.6. The molecule has 0 bridgehead atoms. The maximum atomic E-state index is 12.6. The van der Waals surface area contributed by atoms with Crippen LogP contribution in [0.4, 0.5) is 5.69 Å². The first-order valence-corrected chi connectivity index (χ1v) is 11.7. The minimum absolute atomic E-state index is 0.0780. The molecule has 3 aromatic carbocycles. The van der Waals surface area contributed by atoms with E-state index in [0.29, 0.717) is 11.7 Å². The highest BCUT2D eigenvalue weighted by Crippen LogP contribution is 2.31. The number of aryl methyl sites for hydroxylation is 2. The second-order valence-corrected chi connectivity index (χ2v) is 8.49. The fourth-order valence-corrected chi connectivity index (χ4v) is 4.31. The average molecular weight is 459 g/mol. The van der Waals surface area contributed by atoms with Gasteiger partial charge in [0.25, 0.3) is 0 Å². The van der Waals surface area contributed by atoms with Crippen LogP contribution in [0.2, 0.25) is 0 Å². The molecule has 0 aliphatic carbocycles. The Kier molecular flexibility index (Phi) is 7.42. The zero-order chi connectivity index (χ0) is 23.0. The SMILES string of the molecule is COc1ccccc1-c1nnc(SCC(=O)Nc2ccccc2C)n1CCc1ccccc1. The standard InChI is InChI=1S/C26H26N4O2S/c1-19-10-6-8-14-22(19)27-24(31)18-33-26-29-28-25(21-13-7-9-15-23(21)32-2)30(26)17-16-20-11-4-3-5-12-20/h3-15H,16-18H2,1-2H3,(H,27,31). The van der Waals surface area contributed by atoms with Crippen LogP contribution in [0, 0.1) is 6.92 Å². The van der Waals surface area contributed by atoms with Gasteiger partial charge in [0.05, 0.1) is 18.4 Å². The van der Waals surface area contributed by atoms with Gasteiger partial charge in [0.2, 0.25) is 5.91 Å². The van der Waals surface area contributed by atoms with Crippen molar-refractivity contribution >= 4 is 23.4 Å². The van der Waals surface area contributed by atoms with Crippen molar-refractivity contribution in [1.29, 1.82) is 0 Å². The van der Waals surface area contributed by atoms with E-state index in [0.717, 1.165) is 34.8 Å². The number of nitrogens with zero attached hydrogens (tertiary/aromatic N) is 3. The smallest absolute Gasteiger partial charge is 0.234 e. The van der Waals surface area contributed by atoms with Crippen LogP contribution in [0.25, 0.3) is 11.4 Å². The van der Waals surface area contributed by atoms with E-state index < -0.39 is 0 Å². The number of hydrogen-bond donors (Lipinski definition) is 1. The number of rotatable bonds is 9. The molecule has 0 aliphatic heterocycles. The molecule has 0 radical (unpaired) electrons. The van der Waals surface area contributed by atoms with Gasteiger partial charge in [-0.15, -0.1) is 10.2 Å². The minimum atomic E-state index is -0.0780. The van der Waals surface area contributed by atoms with Crippen molar-refractivity contribution in [2.45, 2.75) is 25.0 Å². The number of carbonyl (C=O) groups excluding carboxylic acids is 1. The van der Waals surface area contributed by atoms with Crippen molar-refractivity contribution in [3.8, 4) is 17.1 Å². The lowest BCUT2D eigenvalue weighted by atomic mass is 10.1. The Bertz CT molecular complexity index is 1220. The zero-order valence-electron chi connectivity index (χ0n) is 18.7. The lowest BCUT2D eigenvalue weighted by Gasteiger charge is -2.13. The number of anilines is 1. The van der Waals surface area contributed by atoms with E-state index in [1.807, 2.05) is 73.7 Å². The third-order valence-electron chi connectivity index (χ3n) is 5.28. The molecule has 0 saturated heterocycles. The third kappa shape index (κ3) is 5.62. The Balaban J connectivity index is 1.55. The number of amides is 1. The van der Waals surface area contributed by atoms with E-state index in [2.05, 4.69) is 32.2 Å². The Hall–Kier alpha value is -3.58. The van der Waals surface area contributed by atoms with Crippen molar-refractivity contribution < 1.29 is 9.53 Å². The molecule has 168 valence electrons. The molecule has 0 aliphatic rings. The maximum Gasteiger partial charge on any atom is 0.234 e. The number of hydrogen-bond acceptors (Lipinski definition) is 5. The molecule has 6 nitrogen and oxygen atoms in total. The summed E-state index contributed by atoms with van der Waals surface area (Å²) in [6.45, 7) is 2.66. The summed E-state index contributed by atoms with van der Waals surface area (Å²) < 4.78 is 7.62. The van der Waals surface area contributed by atoms with Crippen LogP contribution in [-0.2, 0) is 17.8 Å². The van der Waals surface area contributed by atoms with Gasteiger partial charge in [-0.05, 0) is 42.7 Å². The first-order valence-electron chi connectivity index (χ1n) is 10.7. The van der Waals surface area contributed by atoms with E-state index in [9.17, 15) is 4.79 Å². The molecule has 0 saturated carbocycles. The molecule has 1 N–H and O–H groups in total. The van der Waals surface area contributed by atoms with Crippen molar-refractivity contribution in [2.24, 2.45) is 0 Å². The Morgan fingerprint density at radius 3 is 2.48 bits per heavy atom. The van der Waals surface area contributed by atoms with Gasteiger partial charge in [0, 0.05) is 12.2 Å². The molecular weight excluding hydrogens is 432 g/mol. The molecule has 33 heavy (non-hydrogen) atoms. The van der Waals surface area contributed by atoms with E-state index in [-0.39, 0.29) is 11.7 Å². The predicted molar refractivity (Wildman–Crippen MR) is 133 cm³/mol. The summed E-state index contributed by atoms with van der Waals surface area (Å²) in [7, 11) is 1.65. The first kappa shape index (κ1) is 22.6. The lowest BCUT2D eigenvalue weighted by Crippen LogP contribution is -2.15. The number of para-hydroxylation sites is 2. The monoisotopic (exact) mass is 458 g/mol. The molecule has 0 fully saturated rings. The molecule has 1 amide bonds. The highest BCUT2D eigenvalue weighted by atomic mass is 32.2. The summed E-state index contributed by atoms with van der Waals surface area (Å²) in [4.78, 5) is 12.6. The third-order valence-corrected chi connectivity index (χ3v) is 6.25. The van der Waals surface area contributed by atoms with Gasteiger partial charge < -0.3 is 14.6 Å². The summed E-state index contributed by atoms with van der Waals surface area (Å²) in [6.07, 6.45) is 0.823. The molecule has 0 atom stereocenters. The van der Waals surface area contributed by atoms with Gasteiger partial charge in [-0.2, -0.15) is 0 Å². The van der Waals surface area contributed by atoms with Crippen LogP contribution < -0.4 is 10.1 Å². The van der Waals surface area contributed by atoms with Crippen LogP contribution in [0.5, 0.6) is 5.75 Å². The Morgan fingerprint density at radius 1 is 0.970 bits per heavy atom. The summed E-state index contributed by atoms with van der Waals surface area (Å²) >= 11 is 1.38. The van der Waals surface area contributed by atoms with Gasteiger partial charge in [0.1, 0.15) is 5.75 Å². The van der Waals surface area contributed by atoms with Crippen LogP contribution >= 0.6 is 11.8 Å². The number of nitrogens with one attached hydrogen (secondary N) is 1. The number of carbonyl (C=O) groups is 1. The molecular formula is C26H26N4O2S. The van der Waals surface area contributed by atoms with Crippen LogP contribution in [0.15, 0.2) is 84.0 Å². The van der Waals surface area contributed by atoms with Crippen molar-refractivity contribution in [3.05, 3.63) is 90.0 Å². The van der Waals surface area contributed by atoms with Crippen LogP contribution in [-0.4, -0.2) is 33.5 Å².